The molecule has 1 aromatic rings. The third kappa shape index (κ3) is 2.35. The Morgan fingerprint density at radius 2 is 2.53 bits per heavy atom. The van der Waals surface area contributed by atoms with Gasteiger partial charge in [-0.05, 0) is 19.8 Å². The molecule has 0 spiro atoms. The summed E-state index contributed by atoms with van der Waals surface area (Å²) in [5.74, 6) is 0.838. The molecule has 1 aliphatic heterocycles. The van der Waals surface area contributed by atoms with Gasteiger partial charge < -0.3 is 9.84 Å². The van der Waals surface area contributed by atoms with Crippen LogP contribution in [0, 0.1) is 0 Å². The molecule has 0 amide bonds. The van der Waals surface area contributed by atoms with Crippen LogP contribution in [0.3, 0.4) is 0 Å². The zero-order valence-corrected chi connectivity index (χ0v) is 9.02. The van der Waals surface area contributed by atoms with Crippen molar-refractivity contribution in [1.29, 1.82) is 0 Å². The molecule has 0 aliphatic carbocycles. The Labute approximate surface area is 89.1 Å². The van der Waals surface area contributed by atoms with E-state index in [4.69, 9.17) is 4.74 Å². The van der Waals surface area contributed by atoms with Crippen LogP contribution >= 0.6 is 0 Å². The van der Waals surface area contributed by atoms with E-state index in [1.54, 1.807) is 0 Å². The second-order valence-electron chi connectivity index (χ2n) is 4.05. The van der Waals surface area contributed by atoms with Crippen LogP contribution in [0.5, 0.6) is 0 Å². The molecule has 0 radical (unpaired) electrons. The van der Waals surface area contributed by atoms with E-state index in [9.17, 15) is 5.11 Å². The van der Waals surface area contributed by atoms with Gasteiger partial charge in [0.05, 0.1) is 12.2 Å². The highest BCUT2D eigenvalue weighted by Crippen LogP contribution is 2.22. The summed E-state index contributed by atoms with van der Waals surface area (Å²) in [5.41, 5.74) is -0.752. The second-order valence-corrected chi connectivity index (χ2v) is 4.05. The van der Waals surface area contributed by atoms with Gasteiger partial charge in [0.1, 0.15) is 12.2 Å². The zero-order valence-electron chi connectivity index (χ0n) is 9.02. The van der Waals surface area contributed by atoms with E-state index in [0.29, 0.717) is 13.0 Å². The van der Waals surface area contributed by atoms with Crippen LogP contribution in [0.15, 0.2) is 6.33 Å². The van der Waals surface area contributed by atoms with Crippen molar-refractivity contribution < 1.29 is 9.84 Å². The molecular formula is C10H17N3O2. The second kappa shape index (κ2) is 4.28. The molecule has 15 heavy (non-hydrogen) atoms. The Bertz CT molecular complexity index is 318. The van der Waals surface area contributed by atoms with E-state index in [1.165, 1.54) is 6.33 Å². The Balaban J connectivity index is 2.06. The highest BCUT2D eigenvalue weighted by molar-refractivity contribution is 4.95. The summed E-state index contributed by atoms with van der Waals surface area (Å²) in [6.45, 7) is 3.96. The van der Waals surface area contributed by atoms with E-state index in [1.807, 2.05) is 11.6 Å². The number of hydrogen-bond donors (Lipinski definition) is 1. The first-order valence-electron chi connectivity index (χ1n) is 5.40. The number of rotatable bonds is 3. The summed E-state index contributed by atoms with van der Waals surface area (Å²) >= 11 is 0. The Kier molecular flexibility index (Phi) is 3.02. The standard InChI is InChI=1S/C10H17N3O2/c1-2-13-9(11-8-12-13)6-10(14)4-3-5-15-7-10/h8,14H,2-7H2,1H3. The highest BCUT2D eigenvalue weighted by atomic mass is 16.5. The third-order valence-corrected chi connectivity index (χ3v) is 2.78. The zero-order chi connectivity index (χ0) is 10.7. The SMILES string of the molecule is CCn1ncnc1CC1(O)CCCOC1. The number of hydrogen-bond acceptors (Lipinski definition) is 4. The average Bonchev–Trinajstić information content (AvgIpc) is 2.65. The first-order valence-corrected chi connectivity index (χ1v) is 5.40. The van der Waals surface area contributed by atoms with Gasteiger partial charge in [-0.25, -0.2) is 4.98 Å². The molecule has 1 aliphatic rings. The molecule has 1 unspecified atom stereocenters. The Morgan fingerprint density at radius 3 is 3.20 bits per heavy atom. The topological polar surface area (TPSA) is 60.2 Å². The van der Waals surface area contributed by atoms with Gasteiger partial charge in [0.2, 0.25) is 0 Å². The predicted molar refractivity (Wildman–Crippen MR) is 54.4 cm³/mol. The van der Waals surface area contributed by atoms with Crippen molar-refractivity contribution in [2.45, 2.75) is 38.3 Å². The Hall–Kier alpha value is -0.940. The highest BCUT2D eigenvalue weighted by Gasteiger charge is 2.31. The van der Waals surface area contributed by atoms with Crippen molar-refractivity contribution in [2.24, 2.45) is 0 Å². The van der Waals surface area contributed by atoms with Gasteiger partial charge in [-0.15, -0.1) is 0 Å². The lowest BCUT2D eigenvalue weighted by molar-refractivity contribution is -0.0859. The lowest BCUT2D eigenvalue weighted by Crippen LogP contribution is -2.41. The van der Waals surface area contributed by atoms with Crippen LogP contribution in [0.1, 0.15) is 25.6 Å². The molecule has 1 N–H and O–H groups in total. The molecule has 1 aromatic heterocycles. The lowest BCUT2D eigenvalue weighted by atomic mass is 9.93. The summed E-state index contributed by atoms with van der Waals surface area (Å²) < 4.78 is 7.11. The van der Waals surface area contributed by atoms with Gasteiger partial charge in [0.15, 0.2) is 0 Å². The van der Waals surface area contributed by atoms with Crippen molar-refractivity contribution in [3.05, 3.63) is 12.2 Å². The van der Waals surface area contributed by atoms with Gasteiger partial charge in [0.25, 0.3) is 0 Å². The molecule has 0 bridgehead atoms. The van der Waals surface area contributed by atoms with Crippen molar-refractivity contribution in [3.63, 3.8) is 0 Å². The molecule has 2 heterocycles. The van der Waals surface area contributed by atoms with Crippen LogP contribution in [0.4, 0.5) is 0 Å². The van der Waals surface area contributed by atoms with E-state index in [2.05, 4.69) is 10.1 Å². The summed E-state index contributed by atoms with van der Waals surface area (Å²) in [6.07, 6.45) is 3.76. The third-order valence-electron chi connectivity index (χ3n) is 2.78. The quantitative estimate of drug-likeness (QED) is 0.785. The minimum atomic E-state index is -0.752. The molecule has 84 valence electrons. The van der Waals surface area contributed by atoms with E-state index < -0.39 is 5.60 Å². The maximum Gasteiger partial charge on any atom is 0.138 e. The van der Waals surface area contributed by atoms with E-state index in [0.717, 1.165) is 31.8 Å². The monoisotopic (exact) mass is 211 g/mol. The molecule has 5 heteroatoms. The van der Waals surface area contributed by atoms with Crippen molar-refractivity contribution in [2.75, 3.05) is 13.2 Å². The van der Waals surface area contributed by atoms with Crippen LogP contribution in [0.25, 0.3) is 0 Å². The molecular weight excluding hydrogens is 194 g/mol. The average molecular weight is 211 g/mol. The van der Waals surface area contributed by atoms with Gasteiger partial charge in [0, 0.05) is 19.6 Å². The number of aromatic nitrogens is 3. The van der Waals surface area contributed by atoms with Crippen LogP contribution in [-0.4, -0.2) is 38.7 Å². The van der Waals surface area contributed by atoms with Crippen LogP contribution < -0.4 is 0 Å². The van der Waals surface area contributed by atoms with E-state index >= 15 is 0 Å². The number of nitrogens with zero attached hydrogens (tertiary/aromatic N) is 3. The summed E-state index contributed by atoms with van der Waals surface area (Å²) in [5, 5.41) is 14.3. The summed E-state index contributed by atoms with van der Waals surface area (Å²) in [7, 11) is 0. The van der Waals surface area contributed by atoms with Gasteiger partial charge >= 0.3 is 0 Å². The van der Waals surface area contributed by atoms with Gasteiger partial charge in [-0.2, -0.15) is 5.10 Å². The minimum Gasteiger partial charge on any atom is -0.387 e. The fourth-order valence-corrected chi connectivity index (χ4v) is 1.96. The molecule has 0 saturated carbocycles. The molecule has 1 atom stereocenters. The van der Waals surface area contributed by atoms with Crippen LogP contribution in [-0.2, 0) is 17.7 Å². The Morgan fingerprint density at radius 1 is 1.67 bits per heavy atom. The lowest BCUT2D eigenvalue weighted by Gasteiger charge is -2.31. The molecule has 1 fully saturated rings. The normalized spacial score (nSPS) is 26.8. The molecule has 2 rings (SSSR count). The first-order chi connectivity index (χ1) is 7.23. The molecule has 0 aromatic carbocycles. The van der Waals surface area contributed by atoms with E-state index in [-0.39, 0.29) is 0 Å². The fourth-order valence-electron chi connectivity index (χ4n) is 1.96. The largest absolute Gasteiger partial charge is 0.387 e. The first kappa shape index (κ1) is 10.6. The molecule has 1 saturated heterocycles. The van der Waals surface area contributed by atoms with Crippen molar-refractivity contribution >= 4 is 0 Å². The molecule has 5 nitrogen and oxygen atoms in total. The number of ether oxygens (including phenoxy) is 1. The fraction of sp³-hybridized carbons (Fsp3) is 0.800. The predicted octanol–water partition coefficient (Wildman–Crippen LogP) is 0.382. The van der Waals surface area contributed by atoms with Gasteiger partial charge in [-0.3, -0.25) is 4.68 Å². The summed E-state index contributed by atoms with van der Waals surface area (Å²) in [4.78, 5) is 4.16. The maximum atomic E-state index is 10.3. The van der Waals surface area contributed by atoms with Crippen molar-refractivity contribution in [3.8, 4) is 0 Å². The number of aryl methyl sites for hydroxylation is 1. The van der Waals surface area contributed by atoms with Crippen molar-refractivity contribution in [1.82, 2.24) is 14.8 Å². The smallest absolute Gasteiger partial charge is 0.138 e. The minimum absolute atomic E-state index is 0.406. The number of aliphatic hydroxyl groups is 1. The van der Waals surface area contributed by atoms with Crippen LogP contribution in [0.2, 0.25) is 0 Å². The van der Waals surface area contributed by atoms with Gasteiger partial charge in [-0.1, -0.05) is 0 Å². The maximum absolute atomic E-state index is 10.3. The summed E-state index contributed by atoms with van der Waals surface area (Å²) in [6, 6.07) is 0.